The summed E-state index contributed by atoms with van der Waals surface area (Å²) in [5.74, 6) is 0. The zero-order valence-corrected chi connectivity index (χ0v) is 9.74. The van der Waals surface area contributed by atoms with Gasteiger partial charge < -0.3 is 4.74 Å². The van der Waals surface area contributed by atoms with Crippen molar-refractivity contribution in [2.75, 3.05) is 11.5 Å². The minimum Gasteiger partial charge on any atom is -0.445 e. The van der Waals surface area contributed by atoms with Gasteiger partial charge in [-0.1, -0.05) is 36.9 Å². The van der Waals surface area contributed by atoms with E-state index in [-0.39, 0.29) is 6.61 Å². The quantitative estimate of drug-likeness (QED) is 0.747. The molecular formula is C14H12N2O2. The normalized spacial score (nSPS) is 16.6. The highest BCUT2D eigenvalue weighted by Crippen LogP contribution is 2.29. The number of ether oxygens (including phenoxy) is 1. The van der Waals surface area contributed by atoms with Crippen molar-refractivity contribution in [1.82, 2.24) is 0 Å². The van der Waals surface area contributed by atoms with E-state index in [0.717, 1.165) is 5.56 Å². The van der Waals surface area contributed by atoms with E-state index in [0.29, 0.717) is 5.69 Å². The Bertz CT molecular complexity index is 543. The fourth-order valence-corrected chi connectivity index (χ4v) is 1.79. The molecule has 0 N–H and O–H groups in total. The number of amides is 1. The van der Waals surface area contributed by atoms with Gasteiger partial charge in [0.1, 0.15) is 12.6 Å². The topological polar surface area (TPSA) is 53.3 Å². The molecule has 0 aromatic heterocycles. The van der Waals surface area contributed by atoms with Gasteiger partial charge in [0.15, 0.2) is 0 Å². The molecule has 4 heteroatoms. The lowest BCUT2D eigenvalue weighted by Gasteiger charge is -2.28. The van der Waals surface area contributed by atoms with E-state index in [1.807, 2.05) is 24.3 Å². The van der Waals surface area contributed by atoms with Crippen LogP contribution in [-0.2, 0) is 4.74 Å². The van der Waals surface area contributed by atoms with Crippen LogP contribution in [0.2, 0.25) is 0 Å². The third-order valence-corrected chi connectivity index (χ3v) is 2.59. The van der Waals surface area contributed by atoms with Crippen LogP contribution in [0.5, 0.6) is 0 Å². The van der Waals surface area contributed by atoms with Crippen LogP contribution in [0, 0.1) is 11.3 Å². The summed E-state index contributed by atoms with van der Waals surface area (Å²) < 4.78 is 5.00. The first kappa shape index (κ1) is 11.9. The number of hydrogen-bond donors (Lipinski definition) is 0. The number of nitriles is 1. The molecule has 0 bridgehead atoms. The monoisotopic (exact) mass is 240 g/mol. The Morgan fingerprint density at radius 2 is 2.33 bits per heavy atom. The number of rotatable bonds is 2. The second-order valence-electron chi connectivity index (χ2n) is 3.73. The zero-order chi connectivity index (χ0) is 13.0. The van der Waals surface area contributed by atoms with Gasteiger partial charge in [-0.3, -0.25) is 4.90 Å². The number of benzene rings is 1. The molecule has 4 nitrogen and oxygen atoms in total. The van der Waals surface area contributed by atoms with Gasteiger partial charge in [0.25, 0.3) is 0 Å². The first-order chi connectivity index (χ1) is 8.77. The van der Waals surface area contributed by atoms with Crippen molar-refractivity contribution in [3.8, 4) is 6.07 Å². The number of nitrogens with zero attached hydrogens (tertiary/aromatic N) is 2. The van der Waals surface area contributed by atoms with E-state index in [1.54, 1.807) is 12.1 Å². The summed E-state index contributed by atoms with van der Waals surface area (Å²) in [6.07, 6.45) is 4.46. The average Bonchev–Trinajstić information content (AvgIpc) is 2.43. The smallest absolute Gasteiger partial charge is 0.416 e. The summed E-state index contributed by atoms with van der Waals surface area (Å²) in [5, 5.41) is 9.09. The molecule has 1 unspecified atom stereocenters. The van der Waals surface area contributed by atoms with E-state index >= 15 is 0 Å². The highest BCUT2D eigenvalue weighted by molar-refractivity contribution is 5.94. The molecule has 1 aromatic rings. The highest BCUT2D eigenvalue weighted by Gasteiger charge is 2.28. The summed E-state index contributed by atoms with van der Waals surface area (Å²) in [5.41, 5.74) is 1.57. The Morgan fingerprint density at radius 3 is 3.06 bits per heavy atom. The maximum Gasteiger partial charge on any atom is 0.416 e. The molecule has 2 rings (SSSR count). The Labute approximate surface area is 105 Å². The van der Waals surface area contributed by atoms with Crippen LogP contribution in [-0.4, -0.2) is 18.7 Å². The second-order valence-corrected chi connectivity index (χ2v) is 3.73. The standard InChI is InChI=1S/C14H12N2O2/c1-2-9-18-14(17)16-12(10-15)8-7-11-5-3-4-6-13(11)16/h2-8,12H,1,9H2. The van der Waals surface area contributed by atoms with Crippen LogP contribution < -0.4 is 4.90 Å². The third-order valence-electron chi connectivity index (χ3n) is 2.59. The third kappa shape index (κ3) is 2.11. The summed E-state index contributed by atoms with van der Waals surface area (Å²) in [6, 6.07) is 8.79. The molecule has 1 heterocycles. The van der Waals surface area contributed by atoms with Gasteiger partial charge in [0, 0.05) is 0 Å². The fraction of sp³-hybridized carbons (Fsp3) is 0.143. The number of hydrogen-bond acceptors (Lipinski definition) is 3. The summed E-state index contributed by atoms with van der Waals surface area (Å²) in [4.78, 5) is 13.3. The minimum absolute atomic E-state index is 0.124. The predicted octanol–water partition coefficient (Wildman–Crippen LogP) is 2.73. The number of para-hydroxylation sites is 1. The van der Waals surface area contributed by atoms with Crippen molar-refractivity contribution in [1.29, 1.82) is 5.26 Å². The number of carbonyl (C=O) groups is 1. The molecule has 1 aliphatic rings. The average molecular weight is 240 g/mol. The van der Waals surface area contributed by atoms with E-state index in [1.165, 1.54) is 11.0 Å². The Kier molecular flexibility index (Phi) is 3.44. The minimum atomic E-state index is -0.641. The van der Waals surface area contributed by atoms with Gasteiger partial charge in [-0.25, -0.2) is 4.79 Å². The molecule has 0 saturated heterocycles. The first-order valence-corrected chi connectivity index (χ1v) is 5.51. The van der Waals surface area contributed by atoms with Crippen LogP contribution in [0.15, 0.2) is 43.0 Å². The lowest BCUT2D eigenvalue weighted by Crippen LogP contribution is -2.40. The van der Waals surface area contributed by atoms with Crippen molar-refractivity contribution in [3.05, 3.63) is 48.6 Å². The SMILES string of the molecule is C=CCOC(=O)N1c2ccccc2C=CC1C#N. The van der Waals surface area contributed by atoms with Crippen LogP contribution in [0.1, 0.15) is 5.56 Å². The number of anilines is 1. The zero-order valence-electron chi connectivity index (χ0n) is 9.74. The molecule has 1 atom stereocenters. The molecule has 1 amide bonds. The predicted molar refractivity (Wildman–Crippen MR) is 68.9 cm³/mol. The molecule has 0 aliphatic carbocycles. The largest absolute Gasteiger partial charge is 0.445 e. The molecule has 90 valence electrons. The van der Waals surface area contributed by atoms with E-state index in [4.69, 9.17) is 10.00 Å². The van der Waals surface area contributed by atoms with Crippen molar-refractivity contribution >= 4 is 17.9 Å². The van der Waals surface area contributed by atoms with Gasteiger partial charge in [0.2, 0.25) is 0 Å². The van der Waals surface area contributed by atoms with Crippen LogP contribution in [0.4, 0.5) is 10.5 Å². The molecular weight excluding hydrogens is 228 g/mol. The van der Waals surface area contributed by atoms with E-state index in [2.05, 4.69) is 12.6 Å². The molecule has 0 saturated carbocycles. The lowest BCUT2D eigenvalue weighted by molar-refractivity contribution is 0.165. The number of fused-ring (bicyclic) bond motifs is 1. The van der Waals surface area contributed by atoms with Crippen LogP contribution in [0.3, 0.4) is 0 Å². The summed E-state index contributed by atoms with van der Waals surface area (Å²) in [6.45, 7) is 3.61. The van der Waals surface area contributed by atoms with Crippen molar-refractivity contribution in [2.45, 2.75) is 6.04 Å². The van der Waals surface area contributed by atoms with E-state index in [9.17, 15) is 4.79 Å². The van der Waals surface area contributed by atoms with Crippen molar-refractivity contribution < 1.29 is 9.53 Å². The maximum absolute atomic E-state index is 12.0. The summed E-state index contributed by atoms with van der Waals surface area (Å²) >= 11 is 0. The van der Waals surface area contributed by atoms with Crippen molar-refractivity contribution in [2.24, 2.45) is 0 Å². The lowest BCUT2D eigenvalue weighted by atomic mass is 10.0. The Balaban J connectivity index is 2.36. The van der Waals surface area contributed by atoms with E-state index < -0.39 is 12.1 Å². The van der Waals surface area contributed by atoms with Crippen LogP contribution >= 0.6 is 0 Å². The number of carbonyl (C=O) groups excluding carboxylic acids is 1. The molecule has 1 aromatic carbocycles. The fourth-order valence-electron chi connectivity index (χ4n) is 1.79. The highest BCUT2D eigenvalue weighted by atomic mass is 16.6. The maximum atomic E-state index is 12.0. The van der Waals surface area contributed by atoms with Crippen molar-refractivity contribution in [3.63, 3.8) is 0 Å². The molecule has 0 fully saturated rings. The van der Waals surface area contributed by atoms with Gasteiger partial charge in [-0.05, 0) is 17.7 Å². The molecule has 0 radical (unpaired) electrons. The van der Waals surface area contributed by atoms with Gasteiger partial charge in [0.05, 0.1) is 11.8 Å². The van der Waals surface area contributed by atoms with Gasteiger partial charge in [-0.2, -0.15) is 5.26 Å². The van der Waals surface area contributed by atoms with Gasteiger partial charge >= 0.3 is 6.09 Å². The molecule has 0 spiro atoms. The first-order valence-electron chi connectivity index (χ1n) is 5.51. The summed E-state index contributed by atoms with van der Waals surface area (Å²) in [7, 11) is 0. The van der Waals surface area contributed by atoms with Gasteiger partial charge in [-0.15, -0.1) is 0 Å². The molecule has 1 aliphatic heterocycles. The molecule has 18 heavy (non-hydrogen) atoms. The Hall–Kier alpha value is -2.54. The second kappa shape index (κ2) is 5.19. The Morgan fingerprint density at radius 1 is 1.56 bits per heavy atom. The van der Waals surface area contributed by atoms with Crippen LogP contribution in [0.25, 0.3) is 6.08 Å².